The second-order valence-corrected chi connectivity index (χ2v) is 9.95. The van der Waals surface area contributed by atoms with Gasteiger partial charge in [0.1, 0.15) is 0 Å². The Labute approximate surface area is 241 Å². The Morgan fingerprint density at radius 3 is 2.38 bits per heavy atom. The normalized spacial score (nSPS) is 14.4. The summed E-state index contributed by atoms with van der Waals surface area (Å²) in [5.41, 5.74) is 1.35. The number of piperidine rings is 1. The summed E-state index contributed by atoms with van der Waals surface area (Å²) in [6.07, 6.45) is 5.94. The summed E-state index contributed by atoms with van der Waals surface area (Å²) in [5.74, 6) is -0.735. The topological polar surface area (TPSA) is 98.7 Å². The van der Waals surface area contributed by atoms with Crippen LogP contribution >= 0.6 is 0 Å². The van der Waals surface area contributed by atoms with E-state index in [1.54, 1.807) is 17.3 Å². The number of halogens is 4. The van der Waals surface area contributed by atoms with Gasteiger partial charge in [0, 0.05) is 50.2 Å². The lowest BCUT2D eigenvalue weighted by Crippen LogP contribution is -2.48. The first kappa shape index (κ1) is 32.2. The van der Waals surface area contributed by atoms with Crippen molar-refractivity contribution >= 4 is 29.8 Å². The summed E-state index contributed by atoms with van der Waals surface area (Å²) in [6, 6.07) is 8.42. The minimum Gasteiger partial charge on any atom is -0.483 e. The molecule has 1 amide bonds. The molecule has 1 aliphatic heterocycles. The number of benzene rings is 1. The lowest BCUT2D eigenvalue weighted by molar-refractivity contribution is -0.137. The van der Waals surface area contributed by atoms with Gasteiger partial charge in [0.25, 0.3) is 6.47 Å². The molecular formula is C30H33F4N5O3. The molecule has 0 radical (unpaired) electrons. The predicted molar refractivity (Wildman–Crippen MR) is 151 cm³/mol. The first-order valence-corrected chi connectivity index (χ1v) is 13.3. The highest BCUT2D eigenvalue weighted by atomic mass is 19.4. The van der Waals surface area contributed by atoms with Gasteiger partial charge in [-0.3, -0.25) is 19.6 Å². The number of rotatable bonds is 8. The average Bonchev–Trinajstić information content (AvgIpc) is 2.96. The zero-order chi connectivity index (χ0) is 30.7. The summed E-state index contributed by atoms with van der Waals surface area (Å²) < 4.78 is 52.7. The molecule has 2 aromatic heterocycles. The number of carbonyl (C=O) groups excluding carboxylic acids is 1. The van der Waals surface area contributed by atoms with Crippen molar-refractivity contribution in [2.75, 3.05) is 18.4 Å². The van der Waals surface area contributed by atoms with Gasteiger partial charge in [-0.25, -0.2) is 4.39 Å². The third-order valence-electron chi connectivity index (χ3n) is 6.81. The van der Waals surface area contributed by atoms with Crippen molar-refractivity contribution in [3.63, 3.8) is 0 Å². The van der Waals surface area contributed by atoms with Crippen LogP contribution in [0.25, 0.3) is 6.08 Å². The Morgan fingerprint density at radius 1 is 1.12 bits per heavy atom. The molecule has 8 nitrogen and oxygen atoms in total. The van der Waals surface area contributed by atoms with Crippen LogP contribution in [0, 0.1) is 5.82 Å². The second-order valence-electron chi connectivity index (χ2n) is 9.95. The van der Waals surface area contributed by atoms with Crippen LogP contribution in [0.1, 0.15) is 43.4 Å². The van der Waals surface area contributed by atoms with Crippen molar-refractivity contribution in [3.05, 3.63) is 89.8 Å². The molecule has 4 rings (SSSR count). The van der Waals surface area contributed by atoms with Crippen LogP contribution in [0.2, 0.25) is 0 Å². The molecule has 1 fully saturated rings. The summed E-state index contributed by atoms with van der Waals surface area (Å²) in [6.45, 7) is 6.04. The number of pyridine rings is 2. The van der Waals surface area contributed by atoms with E-state index in [0.717, 1.165) is 49.8 Å². The number of hydrogen-bond donors (Lipinski definition) is 2. The van der Waals surface area contributed by atoms with Gasteiger partial charge in [0.2, 0.25) is 5.91 Å². The average molecular weight is 588 g/mol. The minimum absolute atomic E-state index is 0.0148. The third kappa shape index (κ3) is 9.37. The number of carboxylic acid groups (broad SMARTS) is 1. The van der Waals surface area contributed by atoms with E-state index >= 15 is 0 Å². The number of anilines is 2. The fourth-order valence-electron chi connectivity index (χ4n) is 4.62. The van der Waals surface area contributed by atoms with Gasteiger partial charge >= 0.3 is 6.18 Å². The molecule has 1 aromatic carbocycles. The zero-order valence-corrected chi connectivity index (χ0v) is 23.3. The molecule has 0 saturated carbocycles. The number of nitrogens with zero attached hydrogens (tertiary/aromatic N) is 4. The van der Waals surface area contributed by atoms with Crippen LogP contribution in [0.3, 0.4) is 0 Å². The smallest absolute Gasteiger partial charge is 0.416 e. The quantitative estimate of drug-likeness (QED) is 0.190. The molecule has 0 atom stereocenters. The molecule has 12 heteroatoms. The molecule has 3 aromatic rings. The van der Waals surface area contributed by atoms with E-state index in [9.17, 15) is 22.4 Å². The highest BCUT2D eigenvalue weighted by molar-refractivity contribution is 5.92. The highest BCUT2D eigenvalue weighted by Crippen LogP contribution is 2.29. The van der Waals surface area contributed by atoms with Gasteiger partial charge in [-0.15, -0.1) is 0 Å². The van der Waals surface area contributed by atoms with E-state index in [4.69, 9.17) is 9.90 Å². The van der Waals surface area contributed by atoms with E-state index in [2.05, 4.69) is 34.0 Å². The van der Waals surface area contributed by atoms with Crippen LogP contribution in [0.5, 0.6) is 0 Å². The van der Waals surface area contributed by atoms with Gasteiger partial charge in [-0.2, -0.15) is 13.2 Å². The Morgan fingerprint density at radius 2 is 1.79 bits per heavy atom. The SMILES string of the molecule is CC(C)N1CCC(N(Cc2cncc(Nc3ccncc3F)c2)C(=O)/C=C/c2ccc(C(F)(F)F)cc2)CC1.O=CO. The number of carbonyl (C=O) groups is 2. The van der Waals surface area contributed by atoms with Crippen molar-refractivity contribution < 1.29 is 32.3 Å². The molecular weight excluding hydrogens is 554 g/mol. The molecule has 0 spiro atoms. The van der Waals surface area contributed by atoms with Crippen LogP contribution in [0.4, 0.5) is 28.9 Å². The lowest BCUT2D eigenvalue weighted by Gasteiger charge is -2.39. The third-order valence-corrected chi connectivity index (χ3v) is 6.81. The number of likely N-dealkylation sites (tertiary alicyclic amines) is 1. The van der Waals surface area contributed by atoms with Gasteiger partial charge in [0.05, 0.1) is 29.3 Å². The molecule has 0 unspecified atom stereocenters. The summed E-state index contributed by atoms with van der Waals surface area (Å²) in [7, 11) is 0. The Bertz CT molecular complexity index is 1340. The number of amides is 1. The largest absolute Gasteiger partial charge is 0.483 e. The highest BCUT2D eigenvalue weighted by Gasteiger charge is 2.30. The second kappa shape index (κ2) is 15.1. The maximum Gasteiger partial charge on any atom is 0.416 e. The number of alkyl halides is 3. The van der Waals surface area contributed by atoms with Gasteiger partial charge < -0.3 is 20.2 Å². The first-order chi connectivity index (χ1) is 20.0. The van der Waals surface area contributed by atoms with Crippen molar-refractivity contribution in [1.29, 1.82) is 0 Å². The van der Waals surface area contributed by atoms with E-state index in [-0.39, 0.29) is 30.7 Å². The number of hydrogen-bond acceptors (Lipinski definition) is 6. The molecule has 224 valence electrons. The molecule has 2 N–H and O–H groups in total. The Hall–Kier alpha value is -4.32. The molecule has 0 aliphatic carbocycles. The van der Waals surface area contributed by atoms with Crippen LogP contribution in [-0.2, 0) is 22.3 Å². The van der Waals surface area contributed by atoms with Crippen molar-refractivity contribution in [3.8, 4) is 0 Å². The Balaban J connectivity index is 0.00000155. The molecule has 0 bridgehead atoms. The maximum atomic E-state index is 14.1. The van der Waals surface area contributed by atoms with Gasteiger partial charge in [-0.05, 0) is 68.2 Å². The van der Waals surface area contributed by atoms with Crippen molar-refractivity contribution in [1.82, 2.24) is 19.8 Å². The monoisotopic (exact) mass is 587 g/mol. The van der Waals surface area contributed by atoms with Crippen molar-refractivity contribution in [2.45, 2.75) is 51.5 Å². The Kier molecular flexibility index (Phi) is 11.5. The van der Waals surface area contributed by atoms with Gasteiger partial charge in [0.15, 0.2) is 5.82 Å². The van der Waals surface area contributed by atoms with Crippen molar-refractivity contribution in [2.24, 2.45) is 0 Å². The lowest BCUT2D eigenvalue weighted by atomic mass is 10.0. The van der Waals surface area contributed by atoms with E-state index in [1.807, 2.05) is 6.07 Å². The summed E-state index contributed by atoms with van der Waals surface area (Å²) in [5, 5.41) is 9.88. The van der Waals surface area contributed by atoms with Gasteiger partial charge in [-0.1, -0.05) is 12.1 Å². The fraction of sp³-hybridized carbons (Fsp3) is 0.333. The molecule has 1 aliphatic rings. The number of aromatic nitrogens is 2. The standard InChI is InChI=1S/C29H31F4N5O.CH2O2/c1-20(2)37-13-10-25(11-14-37)38(28(39)8-5-21-3-6-23(7-4-21)29(31,32)33)19-22-15-24(17-35-16-22)36-27-9-12-34-18-26(27)30;2-1-3/h3-9,12,15-18,20,25H,10-11,13-14,19H2,1-2H3,(H,34,36);1H,(H,2,3)/b8-5+;. The van der Waals surface area contributed by atoms with Crippen LogP contribution in [0.15, 0.2) is 67.3 Å². The van der Waals surface area contributed by atoms with E-state index in [1.165, 1.54) is 36.5 Å². The van der Waals surface area contributed by atoms with Crippen LogP contribution in [-0.4, -0.2) is 62.4 Å². The minimum atomic E-state index is -4.42. The molecule has 3 heterocycles. The molecule has 1 saturated heterocycles. The zero-order valence-electron chi connectivity index (χ0n) is 23.3. The first-order valence-electron chi connectivity index (χ1n) is 13.3. The number of nitrogens with one attached hydrogen (secondary N) is 1. The summed E-state index contributed by atoms with van der Waals surface area (Å²) in [4.78, 5) is 34.0. The molecule has 42 heavy (non-hydrogen) atoms. The maximum absolute atomic E-state index is 14.1. The fourth-order valence-corrected chi connectivity index (χ4v) is 4.62. The van der Waals surface area contributed by atoms with Crippen LogP contribution < -0.4 is 5.32 Å². The van der Waals surface area contributed by atoms with E-state index < -0.39 is 17.6 Å². The predicted octanol–water partition coefficient (Wildman–Crippen LogP) is 5.99. The summed E-state index contributed by atoms with van der Waals surface area (Å²) >= 11 is 0. The van der Waals surface area contributed by atoms with E-state index in [0.29, 0.717) is 17.3 Å².